The topological polar surface area (TPSA) is 55.4 Å². The molecule has 0 radical (unpaired) electrons. The molecule has 0 saturated carbocycles. The third-order valence-electron chi connectivity index (χ3n) is 0.735. The summed E-state index contributed by atoms with van der Waals surface area (Å²) in [6, 6.07) is -0.475. The number of nitrogens with one attached hydrogen (secondary N) is 1. The van der Waals surface area contributed by atoms with Gasteiger partial charge in [0, 0.05) is 0 Å². The van der Waals surface area contributed by atoms with Crippen molar-refractivity contribution in [2.75, 3.05) is 14.3 Å². The van der Waals surface area contributed by atoms with Gasteiger partial charge >= 0.3 is 6.09 Å². The summed E-state index contributed by atoms with van der Waals surface area (Å²) in [4.78, 5) is 20.2. The lowest BCUT2D eigenvalue weighted by molar-refractivity contribution is -0.109. The van der Waals surface area contributed by atoms with E-state index in [1.165, 1.54) is 7.11 Å². The van der Waals surface area contributed by atoms with Gasteiger partial charge in [-0.1, -0.05) is 0 Å². The highest BCUT2D eigenvalue weighted by atomic mass is 19.1. The number of amides is 1. The highest BCUT2D eigenvalue weighted by Gasteiger charge is 2.02. The number of hydrogen-bond donors (Lipinski definition) is 1. The fourth-order valence-corrected chi connectivity index (χ4v) is 0.279. The van der Waals surface area contributed by atoms with Crippen LogP contribution in [0.4, 0.5) is 9.18 Å². The maximum Gasteiger partial charge on any atom is 0.407 e. The van der Waals surface area contributed by atoms with Crippen LogP contribution in [0.2, 0.25) is 0 Å². The van der Waals surface area contributed by atoms with Gasteiger partial charge < -0.3 is 14.8 Å². The van der Waals surface area contributed by atoms with Crippen molar-refractivity contribution in [3.63, 3.8) is 0 Å². The van der Waals surface area contributed by atoms with Crippen LogP contribution in [-0.2, 0) is 9.53 Å². The van der Waals surface area contributed by atoms with E-state index in [1.54, 1.807) is 6.92 Å². The molecule has 0 rings (SSSR count). The summed E-state index contributed by atoms with van der Waals surface area (Å²) < 4.78 is 13.7. The Kier molecular flexibility index (Phi) is 10.1. The molecule has 0 unspecified atom stereocenters. The number of hydrogen-bond acceptors (Lipinski definition) is 3. The van der Waals surface area contributed by atoms with Crippen molar-refractivity contribution in [2.24, 2.45) is 0 Å². The van der Waals surface area contributed by atoms with Crippen LogP contribution in [0.5, 0.6) is 0 Å². The number of ether oxygens (including phenoxy) is 1. The zero-order valence-electron chi connectivity index (χ0n) is 6.76. The van der Waals surface area contributed by atoms with E-state index >= 15 is 0 Å². The van der Waals surface area contributed by atoms with Crippen molar-refractivity contribution < 1.29 is 18.7 Å². The van der Waals surface area contributed by atoms with Crippen LogP contribution in [0.25, 0.3) is 0 Å². The molecular formula is C6H12FNO3. The Morgan fingerprint density at radius 2 is 2.09 bits per heavy atom. The Labute approximate surface area is 64.7 Å². The molecule has 66 valence electrons. The summed E-state index contributed by atoms with van der Waals surface area (Å²) in [6.07, 6.45) is 0.0336. The predicted octanol–water partition coefficient (Wildman–Crippen LogP) is 0.516. The Hall–Kier alpha value is -1.13. The summed E-state index contributed by atoms with van der Waals surface area (Å²) in [5.74, 6) is 0. The molecule has 0 aliphatic carbocycles. The molecule has 0 spiro atoms. The average molecular weight is 165 g/mol. The van der Waals surface area contributed by atoms with Crippen LogP contribution in [-0.4, -0.2) is 32.7 Å². The van der Waals surface area contributed by atoms with Gasteiger partial charge in [-0.05, 0) is 6.92 Å². The van der Waals surface area contributed by atoms with Crippen molar-refractivity contribution in [2.45, 2.75) is 13.0 Å². The van der Waals surface area contributed by atoms with Crippen LogP contribution in [0.1, 0.15) is 6.92 Å². The quantitative estimate of drug-likeness (QED) is 0.607. The summed E-state index contributed by atoms with van der Waals surface area (Å²) in [7, 11) is 1.74. The largest absolute Gasteiger partial charge is 0.453 e. The summed E-state index contributed by atoms with van der Waals surface area (Å²) in [5, 5.41) is 2.25. The van der Waals surface area contributed by atoms with Crippen molar-refractivity contribution >= 4 is 12.4 Å². The molecule has 0 bridgehead atoms. The van der Waals surface area contributed by atoms with Crippen LogP contribution >= 0.6 is 0 Å². The molecule has 4 nitrogen and oxygen atoms in total. The zero-order valence-corrected chi connectivity index (χ0v) is 6.76. The maximum absolute atomic E-state index is 10.3. The van der Waals surface area contributed by atoms with Crippen molar-refractivity contribution in [1.82, 2.24) is 5.32 Å². The average Bonchev–Trinajstić information content (AvgIpc) is 2.07. The Bertz CT molecular complexity index is 118. The zero-order chi connectivity index (χ0) is 9.28. The third-order valence-corrected chi connectivity index (χ3v) is 0.735. The molecule has 1 N–H and O–H groups in total. The Morgan fingerprint density at radius 1 is 1.64 bits per heavy atom. The monoisotopic (exact) mass is 165 g/mol. The van der Waals surface area contributed by atoms with Gasteiger partial charge in [0.25, 0.3) is 0 Å². The molecule has 11 heavy (non-hydrogen) atoms. The fourth-order valence-electron chi connectivity index (χ4n) is 0.279. The van der Waals surface area contributed by atoms with Crippen LogP contribution in [0.3, 0.4) is 0 Å². The van der Waals surface area contributed by atoms with E-state index < -0.39 is 12.1 Å². The predicted molar refractivity (Wildman–Crippen MR) is 38.1 cm³/mol. The second kappa shape index (κ2) is 8.87. The van der Waals surface area contributed by atoms with Crippen LogP contribution in [0, 0.1) is 0 Å². The minimum Gasteiger partial charge on any atom is -0.453 e. The highest BCUT2D eigenvalue weighted by Crippen LogP contribution is 1.75. The first kappa shape index (κ1) is 12.5. The smallest absolute Gasteiger partial charge is 0.407 e. The maximum atomic E-state index is 10.3. The van der Waals surface area contributed by atoms with Gasteiger partial charge in [0.05, 0.1) is 20.3 Å². The van der Waals surface area contributed by atoms with Crippen molar-refractivity contribution in [3.8, 4) is 0 Å². The number of methoxy groups -OCH3 is 1. The molecule has 0 aliphatic rings. The highest BCUT2D eigenvalue weighted by molar-refractivity contribution is 5.72. The summed E-state index contributed by atoms with van der Waals surface area (Å²) in [6.45, 7) is 1.56. The SMILES string of the molecule is CF.COC(=O)N[C@@H](C)C=O. The first-order valence-corrected chi connectivity index (χ1v) is 2.88. The molecule has 1 amide bonds. The van der Waals surface area contributed by atoms with Gasteiger partial charge in [0.15, 0.2) is 0 Å². The second-order valence-corrected chi connectivity index (χ2v) is 1.56. The number of alkyl halides is 1. The second-order valence-electron chi connectivity index (χ2n) is 1.56. The van der Waals surface area contributed by atoms with Gasteiger partial charge in [-0.2, -0.15) is 0 Å². The van der Waals surface area contributed by atoms with Gasteiger partial charge in [-0.3, -0.25) is 4.39 Å². The van der Waals surface area contributed by atoms with E-state index in [9.17, 15) is 14.0 Å². The lowest BCUT2D eigenvalue weighted by atomic mass is 10.4. The van der Waals surface area contributed by atoms with Crippen molar-refractivity contribution in [1.29, 1.82) is 0 Å². The van der Waals surface area contributed by atoms with Crippen LogP contribution < -0.4 is 5.32 Å². The molecule has 0 aliphatic heterocycles. The first-order valence-electron chi connectivity index (χ1n) is 2.88. The van der Waals surface area contributed by atoms with E-state index in [-0.39, 0.29) is 0 Å². The molecular weight excluding hydrogens is 153 g/mol. The first-order chi connectivity index (χ1) is 5.20. The standard InChI is InChI=1S/C5H9NO3.CH3F/c1-4(3-7)6-5(8)9-2;1-2/h3-4H,1-2H3,(H,6,8);1H3/t4-;/m0./s1. The molecule has 0 fully saturated rings. The van der Waals surface area contributed by atoms with Gasteiger partial charge in [0.2, 0.25) is 0 Å². The Balaban J connectivity index is 0. The summed E-state index contributed by atoms with van der Waals surface area (Å²) >= 11 is 0. The normalized spacial score (nSPS) is 10.2. The molecule has 0 saturated heterocycles. The van der Waals surface area contributed by atoms with E-state index in [0.29, 0.717) is 13.5 Å². The molecule has 0 aromatic rings. The van der Waals surface area contributed by atoms with Crippen LogP contribution in [0.15, 0.2) is 0 Å². The lowest BCUT2D eigenvalue weighted by Crippen LogP contribution is -2.33. The number of carbonyl (C=O) groups is 2. The van der Waals surface area contributed by atoms with E-state index in [0.717, 1.165) is 0 Å². The number of rotatable bonds is 2. The van der Waals surface area contributed by atoms with E-state index in [2.05, 4.69) is 10.1 Å². The minimum atomic E-state index is -0.588. The summed E-state index contributed by atoms with van der Waals surface area (Å²) in [5.41, 5.74) is 0. The van der Waals surface area contributed by atoms with E-state index in [1.807, 2.05) is 0 Å². The Morgan fingerprint density at radius 3 is 2.36 bits per heavy atom. The van der Waals surface area contributed by atoms with Gasteiger partial charge in [-0.15, -0.1) is 0 Å². The van der Waals surface area contributed by atoms with Gasteiger partial charge in [0.1, 0.15) is 6.29 Å². The number of carbonyl (C=O) groups excluding carboxylic acids is 2. The lowest BCUT2D eigenvalue weighted by Gasteiger charge is -2.03. The molecule has 0 heterocycles. The number of halogens is 1. The third kappa shape index (κ3) is 8.87. The van der Waals surface area contributed by atoms with Gasteiger partial charge in [-0.25, -0.2) is 4.79 Å². The molecule has 5 heteroatoms. The number of aldehydes is 1. The fraction of sp³-hybridized carbons (Fsp3) is 0.667. The molecule has 0 aromatic heterocycles. The number of alkyl carbamates (subject to hydrolysis) is 1. The van der Waals surface area contributed by atoms with E-state index in [4.69, 9.17) is 0 Å². The minimum absolute atomic E-state index is 0.475. The van der Waals surface area contributed by atoms with Crippen molar-refractivity contribution in [3.05, 3.63) is 0 Å². The molecule has 1 atom stereocenters. The molecule has 0 aromatic carbocycles.